The molecule has 1 aliphatic rings. The lowest BCUT2D eigenvalue weighted by Crippen LogP contribution is -2.15. The number of carbonyl (C=O) groups is 1. The van der Waals surface area contributed by atoms with E-state index in [-0.39, 0.29) is 11.3 Å². The molecule has 1 fully saturated rings. The van der Waals surface area contributed by atoms with Crippen LogP contribution in [0.25, 0.3) is 0 Å². The summed E-state index contributed by atoms with van der Waals surface area (Å²) in [6, 6.07) is 13.8. The summed E-state index contributed by atoms with van der Waals surface area (Å²) in [4.78, 5) is 12.6. The predicted octanol–water partition coefficient (Wildman–Crippen LogP) is 6.68. The summed E-state index contributed by atoms with van der Waals surface area (Å²) >= 11 is 5.30. The van der Waals surface area contributed by atoms with Crippen LogP contribution in [0.15, 0.2) is 59.6 Å². The van der Waals surface area contributed by atoms with Gasteiger partial charge in [-0.05, 0) is 35.6 Å². The van der Waals surface area contributed by atoms with Crippen molar-refractivity contribution in [1.82, 2.24) is 0 Å². The molecule has 2 aromatic carbocycles. The van der Waals surface area contributed by atoms with Gasteiger partial charge in [0.15, 0.2) is 11.6 Å². The fourth-order valence-electron chi connectivity index (χ4n) is 3.43. The third kappa shape index (κ3) is 5.05. The third-order valence-electron chi connectivity index (χ3n) is 5.34. The summed E-state index contributed by atoms with van der Waals surface area (Å²) in [6.07, 6.45) is -5.33. The second-order valence-electron chi connectivity index (χ2n) is 7.89. The molecule has 3 atom stereocenters. The van der Waals surface area contributed by atoms with Gasteiger partial charge < -0.3 is 9.47 Å². The van der Waals surface area contributed by atoms with Crippen LogP contribution < -0.4 is 4.74 Å². The number of halogens is 5. The lowest BCUT2D eigenvalue weighted by molar-refractivity contribution is -0.149. The van der Waals surface area contributed by atoms with Crippen LogP contribution in [0.5, 0.6) is 11.5 Å². The zero-order valence-electron chi connectivity index (χ0n) is 17.0. The molecule has 168 valence electrons. The van der Waals surface area contributed by atoms with Crippen molar-refractivity contribution in [2.24, 2.45) is 17.3 Å². The molecule has 0 saturated heterocycles. The summed E-state index contributed by atoms with van der Waals surface area (Å²) in [5.74, 6) is -3.04. The largest absolute Gasteiger partial charge is 0.454 e. The molecule has 0 unspecified atom stereocenters. The van der Waals surface area contributed by atoms with Crippen LogP contribution in [0.3, 0.4) is 0 Å². The second kappa shape index (κ2) is 8.83. The molecule has 0 radical (unpaired) electrons. The van der Waals surface area contributed by atoms with Gasteiger partial charge in [0.2, 0.25) is 6.10 Å². The number of nitrogens with zero attached hydrogens (tertiary/aromatic N) is 1. The van der Waals surface area contributed by atoms with Gasteiger partial charge in [0.05, 0.1) is 5.92 Å². The van der Waals surface area contributed by atoms with E-state index in [1.807, 2.05) is 6.07 Å². The molecule has 0 aliphatic heterocycles. The molecule has 32 heavy (non-hydrogen) atoms. The average molecular weight is 468 g/mol. The Bertz CT molecular complexity index is 1080. The quantitative estimate of drug-likeness (QED) is 0.351. The minimum Gasteiger partial charge on any atom is -0.454 e. The Labute approximate surface area is 187 Å². The number of nitriles is 1. The number of esters is 1. The Morgan fingerprint density at radius 3 is 2.47 bits per heavy atom. The smallest absolute Gasteiger partial charge is 0.426 e. The Morgan fingerprint density at radius 2 is 1.88 bits per heavy atom. The van der Waals surface area contributed by atoms with Crippen LogP contribution in [-0.2, 0) is 9.53 Å². The van der Waals surface area contributed by atoms with Crippen LogP contribution in [0.2, 0.25) is 0 Å². The van der Waals surface area contributed by atoms with Crippen molar-refractivity contribution in [3.05, 3.63) is 71.0 Å². The fourth-order valence-corrected chi connectivity index (χ4v) is 3.56. The van der Waals surface area contributed by atoms with Gasteiger partial charge in [-0.25, -0.2) is 4.39 Å². The molecule has 4 nitrogen and oxygen atoms in total. The lowest BCUT2D eigenvalue weighted by Gasteiger charge is -2.14. The highest BCUT2D eigenvalue weighted by molar-refractivity contribution is 6.30. The van der Waals surface area contributed by atoms with Crippen LogP contribution in [0.4, 0.5) is 17.6 Å². The number of allylic oxidation sites excluding steroid dienone is 2. The Kier molecular flexibility index (Phi) is 6.51. The van der Waals surface area contributed by atoms with Crippen molar-refractivity contribution in [2.45, 2.75) is 26.1 Å². The average Bonchev–Trinajstić information content (AvgIpc) is 3.27. The van der Waals surface area contributed by atoms with Crippen molar-refractivity contribution in [1.29, 1.82) is 5.26 Å². The first kappa shape index (κ1) is 23.6. The first-order chi connectivity index (χ1) is 14.9. The van der Waals surface area contributed by atoms with Gasteiger partial charge in [-0.2, -0.15) is 18.4 Å². The monoisotopic (exact) mass is 467 g/mol. The zero-order valence-corrected chi connectivity index (χ0v) is 17.7. The Hall–Kier alpha value is -3.05. The van der Waals surface area contributed by atoms with Crippen LogP contribution >= 0.6 is 11.6 Å². The molecule has 2 aromatic rings. The van der Waals surface area contributed by atoms with Crippen LogP contribution in [-0.4, -0.2) is 12.1 Å². The minimum absolute atomic E-state index is 0.159. The Balaban J connectivity index is 1.76. The van der Waals surface area contributed by atoms with Gasteiger partial charge in [0.1, 0.15) is 16.9 Å². The van der Waals surface area contributed by atoms with E-state index in [0.29, 0.717) is 5.75 Å². The molecular weight excluding hydrogens is 450 g/mol. The summed E-state index contributed by atoms with van der Waals surface area (Å²) in [5, 5.41) is 8.17. The number of hydrogen-bond donors (Lipinski definition) is 0. The maximum Gasteiger partial charge on any atom is 0.426 e. The summed E-state index contributed by atoms with van der Waals surface area (Å²) in [6.45, 7) is 3.21. The van der Waals surface area contributed by atoms with Crippen LogP contribution in [0, 0.1) is 34.4 Å². The molecule has 0 aromatic heterocycles. The highest BCUT2D eigenvalue weighted by Crippen LogP contribution is 2.60. The van der Waals surface area contributed by atoms with Gasteiger partial charge in [0.25, 0.3) is 0 Å². The molecule has 1 saturated carbocycles. The summed E-state index contributed by atoms with van der Waals surface area (Å²) < 4.78 is 63.1. The minimum atomic E-state index is -4.72. The maximum absolute atomic E-state index is 14.2. The number of alkyl halides is 3. The topological polar surface area (TPSA) is 59.3 Å². The van der Waals surface area contributed by atoms with E-state index in [2.05, 4.69) is 0 Å². The summed E-state index contributed by atoms with van der Waals surface area (Å²) in [5.41, 5.74) is -0.667. The van der Waals surface area contributed by atoms with Crippen molar-refractivity contribution >= 4 is 17.6 Å². The fraction of sp³-hybridized carbons (Fsp3) is 0.304. The molecule has 0 amide bonds. The van der Waals surface area contributed by atoms with Crippen molar-refractivity contribution in [3.8, 4) is 17.6 Å². The van der Waals surface area contributed by atoms with Crippen molar-refractivity contribution < 1.29 is 31.8 Å². The maximum atomic E-state index is 14.2. The molecule has 0 spiro atoms. The highest BCUT2D eigenvalue weighted by Gasteiger charge is 2.62. The van der Waals surface area contributed by atoms with Crippen LogP contribution in [0.1, 0.15) is 25.5 Å². The second-order valence-corrected chi connectivity index (χ2v) is 8.30. The molecule has 0 heterocycles. The van der Waals surface area contributed by atoms with E-state index < -0.39 is 46.3 Å². The van der Waals surface area contributed by atoms with E-state index in [1.165, 1.54) is 12.1 Å². The van der Waals surface area contributed by atoms with E-state index in [1.54, 1.807) is 44.2 Å². The predicted molar refractivity (Wildman–Crippen MR) is 108 cm³/mol. The van der Waals surface area contributed by atoms with E-state index >= 15 is 0 Å². The van der Waals surface area contributed by atoms with Gasteiger partial charge in [-0.15, -0.1) is 0 Å². The number of hydrogen-bond acceptors (Lipinski definition) is 4. The third-order valence-corrected chi connectivity index (χ3v) is 5.68. The molecule has 9 heteroatoms. The van der Waals surface area contributed by atoms with Crippen molar-refractivity contribution in [3.63, 3.8) is 0 Å². The number of carbonyl (C=O) groups excluding carboxylic acids is 1. The number of ether oxygens (including phenoxy) is 2. The molecule has 1 aliphatic carbocycles. The standard InChI is InChI=1S/C23H18ClF4NO3/c1-22(2)15(11-19(24)23(26,27)28)20(22)21(30)32-18(12-29)13-8-9-16(25)17(10-13)31-14-6-4-3-5-7-14/h3-11,15,18,20H,1-2H3/b19-11-/t15-,18-,20-/m0/s1. The normalized spacial score (nSPS) is 20.8. The first-order valence-electron chi connectivity index (χ1n) is 9.52. The van der Waals surface area contributed by atoms with E-state index in [0.717, 1.165) is 12.1 Å². The highest BCUT2D eigenvalue weighted by atomic mass is 35.5. The zero-order chi connectivity index (χ0) is 23.7. The molecule has 3 rings (SSSR count). The number of benzene rings is 2. The molecular formula is C23H18ClF4NO3. The lowest BCUT2D eigenvalue weighted by atomic mass is 10.1. The molecule has 0 N–H and O–H groups in total. The van der Waals surface area contributed by atoms with Gasteiger partial charge >= 0.3 is 12.1 Å². The summed E-state index contributed by atoms with van der Waals surface area (Å²) in [7, 11) is 0. The van der Waals surface area contributed by atoms with Crippen molar-refractivity contribution in [2.75, 3.05) is 0 Å². The SMILES string of the molecule is CC1(C)[C@H](C(=O)O[C@@H](C#N)c2ccc(F)c(Oc3ccccc3)c2)[C@@H]1/C=C(\Cl)C(F)(F)F. The van der Waals surface area contributed by atoms with E-state index in [4.69, 9.17) is 21.1 Å². The number of para-hydroxylation sites is 1. The van der Waals surface area contributed by atoms with Gasteiger partial charge in [-0.3, -0.25) is 4.79 Å². The Morgan fingerprint density at radius 1 is 1.22 bits per heavy atom. The van der Waals surface area contributed by atoms with Gasteiger partial charge in [-0.1, -0.05) is 55.8 Å². The first-order valence-corrected chi connectivity index (χ1v) is 9.90. The van der Waals surface area contributed by atoms with E-state index in [9.17, 15) is 27.6 Å². The number of rotatable bonds is 6. The molecule has 0 bridgehead atoms. The van der Waals surface area contributed by atoms with Gasteiger partial charge in [0, 0.05) is 5.56 Å².